The third kappa shape index (κ3) is 2.13. The molecule has 20 heavy (non-hydrogen) atoms. The zero-order valence-electron chi connectivity index (χ0n) is 10.5. The summed E-state index contributed by atoms with van der Waals surface area (Å²) in [5.41, 5.74) is 0.0320. The molecule has 0 spiro atoms. The highest BCUT2D eigenvalue weighted by molar-refractivity contribution is 5.94. The maximum absolute atomic E-state index is 14.1. The van der Waals surface area contributed by atoms with Crippen LogP contribution < -0.4 is 0 Å². The summed E-state index contributed by atoms with van der Waals surface area (Å²) < 4.78 is 14.1. The number of benzene rings is 1. The van der Waals surface area contributed by atoms with Gasteiger partial charge in [0.15, 0.2) is 0 Å². The van der Waals surface area contributed by atoms with E-state index in [2.05, 4.69) is 4.98 Å². The van der Waals surface area contributed by atoms with Gasteiger partial charge in [0.25, 0.3) is 5.69 Å². The van der Waals surface area contributed by atoms with Crippen molar-refractivity contribution < 1.29 is 14.1 Å². The number of carbonyl (C=O) groups is 1. The minimum Gasteiger partial charge on any atom is -0.299 e. The summed E-state index contributed by atoms with van der Waals surface area (Å²) in [5, 5.41) is 11.2. The van der Waals surface area contributed by atoms with Crippen molar-refractivity contribution >= 4 is 22.4 Å². The quantitative estimate of drug-likeness (QED) is 0.634. The van der Waals surface area contributed by atoms with Crippen molar-refractivity contribution in [3.63, 3.8) is 0 Å². The van der Waals surface area contributed by atoms with Crippen molar-refractivity contribution in [1.82, 2.24) is 4.98 Å². The third-order valence-electron chi connectivity index (χ3n) is 3.50. The lowest BCUT2D eigenvalue weighted by atomic mass is 10.0. The molecule has 0 bridgehead atoms. The highest BCUT2D eigenvalue weighted by Gasteiger charge is 2.31. The maximum Gasteiger partial charge on any atom is 0.281 e. The van der Waals surface area contributed by atoms with Crippen LogP contribution in [0.1, 0.15) is 18.4 Å². The van der Waals surface area contributed by atoms with Gasteiger partial charge in [0.2, 0.25) is 0 Å². The Morgan fingerprint density at radius 2 is 2.25 bits per heavy atom. The number of nitrogens with zero attached hydrogens (tertiary/aromatic N) is 2. The van der Waals surface area contributed by atoms with E-state index in [1.165, 1.54) is 12.3 Å². The lowest BCUT2D eigenvalue weighted by molar-refractivity contribution is -0.383. The number of nitro groups is 1. The molecule has 0 saturated heterocycles. The molecule has 0 amide bonds. The Morgan fingerprint density at radius 3 is 2.90 bits per heavy atom. The first-order valence-electron chi connectivity index (χ1n) is 6.31. The molecule has 3 rings (SSSR count). The second-order valence-electron chi connectivity index (χ2n) is 4.93. The van der Waals surface area contributed by atoms with Gasteiger partial charge in [-0.3, -0.25) is 19.9 Å². The van der Waals surface area contributed by atoms with Gasteiger partial charge in [0.05, 0.1) is 21.9 Å². The lowest BCUT2D eigenvalue weighted by Crippen LogP contribution is -2.08. The van der Waals surface area contributed by atoms with Crippen LogP contribution in [0.4, 0.5) is 10.1 Å². The van der Waals surface area contributed by atoms with Crippen molar-refractivity contribution in [3.05, 3.63) is 45.9 Å². The van der Waals surface area contributed by atoms with Gasteiger partial charge in [-0.15, -0.1) is 0 Å². The van der Waals surface area contributed by atoms with Crippen molar-refractivity contribution in [1.29, 1.82) is 0 Å². The molecule has 6 heteroatoms. The van der Waals surface area contributed by atoms with Crippen molar-refractivity contribution in [2.45, 2.75) is 19.3 Å². The average Bonchev–Trinajstić information content (AvgIpc) is 3.25. The number of Topliss-reactive ketones (excluding diaryl/α,β-unsaturated/α-hetero) is 1. The van der Waals surface area contributed by atoms with Crippen LogP contribution in [0.3, 0.4) is 0 Å². The average molecular weight is 274 g/mol. The van der Waals surface area contributed by atoms with E-state index in [9.17, 15) is 19.3 Å². The highest BCUT2D eigenvalue weighted by atomic mass is 19.1. The first kappa shape index (κ1) is 12.7. The molecule has 0 radical (unpaired) electrons. The van der Waals surface area contributed by atoms with Gasteiger partial charge in [-0.1, -0.05) is 0 Å². The number of fused-ring (bicyclic) bond motifs is 1. The molecule has 5 nitrogen and oxygen atoms in total. The summed E-state index contributed by atoms with van der Waals surface area (Å²) in [5.74, 6) is -0.745. The second-order valence-corrected chi connectivity index (χ2v) is 4.93. The van der Waals surface area contributed by atoms with Crippen LogP contribution in [-0.2, 0) is 11.2 Å². The standard InChI is InChI=1S/C14H11FN2O3/c15-11-7-12(17(19)20)9-2-1-5-16-14(9)10(11)6-13(18)8-3-4-8/h1-2,5,7-8H,3-4,6H2. The molecule has 1 aliphatic carbocycles. The molecule has 0 N–H and O–H groups in total. The summed E-state index contributed by atoms with van der Waals surface area (Å²) in [7, 11) is 0. The van der Waals surface area contributed by atoms with Crippen molar-refractivity contribution in [2.75, 3.05) is 0 Å². The Bertz CT molecular complexity index is 726. The van der Waals surface area contributed by atoms with E-state index < -0.39 is 10.7 Å². The van der Waals surface area contributed by atoms with Crippen molar-refractivity contribution in [2.24, 2.45) is 5.92 Å². The van der Waals surface area contributed by atoms with E-state index >= 15 is 0 Å². The van der Waals surface area contributed by atoms with Gasteiger partial charge in [0.1, 0.15) is 11.6 Å². The molecule has 1 aromatic heterocycles. The number of hydrogen-bond acceptors (Lipinski definition) is 4. The van der Waals surface area contributed by atoms with Crippen LogP contribution in [0.15, 0.2) is 24.4 Å². The molecule has 2 aromatic rings. The van der Waals surface area contributed by atoms with Crippen LogP contribution in [0.2, 0.25) is 0 Å². The Balaban J connectivity index is 2.16. The second kappa shape index (κ2) is 4.63. The molecule has 1 saturated carbocycles. The van der Waals surface area contributed by atoms with Crippen LogP contribution in [0.25, 0.3) is 10.9 Å². The number of pyridine rings is 1. The van der Waals surface area contributed by atoms with E-state index in [0.717, 1.165) is 18.9 Å². The highest BCUT2D eigenvalue weighted by Crippen LogP contribution is 2.34. The Labute approximate surface area is 113 Å². The summed E-state index contributed by atoms with van der Waals surface area (Å²) in [6, 6.07) is 3.95. The van der Waals surface area contributed by atoms with Gasteiger partial charge in [0, 0.05) is 24.1 Å². The molecule has 0 aliphatic heterocycles. The fourth-order valence-corrected chi connectivity index (χ4v) is 2.29. The molecular weight excluding hydrogens is 263 g/mol. The van der Waals surface area contributed by atoms with E-state index in [1.54, 1.807) is 6.07 Å². The van der Waals surface area contributed by atoms with Gasteiger partial charge >= 0.3 is 0 Å². The van der Waals surface area contributed by atoms with E-state index in [0.29, 0.717) is 0 Å². The van der Waals surface area contributed by atoms with Crippen molar-refractivity contribution in [3.8, 4) is 0 Å². The first-order chi connectivity index (χ1) is 9.58. The zero-order chi connectivity index (χ0) is 14.3. The molecule has 1 aliphatic rings. The summed E-state index contributed by atoms with van der Waals surface area (Å²) in [6.07, 6.45) is 3.08. The molecule has 0 unspecified atom stereocenters. The monoisotopic (exact) mass is 274 g/mol. The summed E-state index contributed by atoms with van der Waals surface area (Å²) in [6.45, 7) is 0. The first-order valence-corrected chi connectivity index (χ1v) is 6.31. The van der Waals surface area contributed by atoms with Crippen LogP contribution in [0.5, 0.6) is 0 Å². The Hall–Kier alpha value is -2.37. The smallest absolute Gasteiger partial charge is 0.281 e. The number of nitro benzene ring substituents is 1. The minimum absolute atomic E-state index is 0.0170. The SMILES string of the molecule is O=C(Cc1c(F)cc([N+](=O)[O-])c2cccnc12)C1CC1. The fourth-order valence-electron chi connectivity index (χ4n) is 2.29. The van der Waals surface area contributed by atoms with Crippen LogP contribution >= 0.6 is 0 Å². The molecule has 102 valence electrons. The Morgan fingerprint density at radius 1 is 1.50 bits per heavy atom. The molecular formula is C14H11FN2O3. The number of aromatic nitrogens is 1. The number of ketones is 1. The lowest BCUT2D eigenvalue weighted by Gasteiger charge is -2.07. The van der Waals surface area contributed by atoms with Crippen LogP contribution in [-0.4, -0.2) is 15.7 Å². The Kier molecular flexibility index (Phi) is 2.93. The number of hydrogen-bond donors (Lipinski definition) is 0. The predicted octanol–water partition coefficient (Wildman–Crippen LogP) is 2.80. The number of carbonyl (C=O) groups excluding carboxylic acids is 1. The number of halogens is 1. The minimum atomic E-state index is -0.739. The molecule has 1 fully saturated rings. The summed E-state index contributed by atoms with van der Waals surface area (Å²) in [4.78, 5) is 26.2. The van der Waals surface area contributed by atoms with Gasteiger partial charge < -0.3 is 0 Å². The van der Waals surface area contributed by atoms with E-state index in [1.807, 2.05) is 0 Å². The molecule has 0 atom stereocenters. The van der Waals surface area contributed by atoms with E-state index in [4.69, 9.17) is 0 Å². The number of non-ortho nitro benzene ring substituents is 1. The normalized spacial score (nSPS) is 14.4. The van der Waals surface area contributed by atoms with Gasteiger partial charge in [-0.25, -0.2) is 4.39 Å². The van der Waals surface area contributed by atoms with Gasteiger partial charge in [-0.2, -0.15) is 0 Å². The summed E-state index contributed by atoms with van der Waals surface area (Å²) >= 11 is 0. The fraction of sp³-hybridized carbons (Fsp3) is 0.286. The maximum atomic E-state index is 14.1. The van der Waals surface area contributed by atoms with Crippen LogP contribution in [0, 0.1) is 21.8 Å². The van der Waals surface area contributed by atoms with E-state index in [-0.39, 0.29) is 40.3 Å². The third-order valence-corrected chi connectivity index (χ3v) is 3.50. The zero-order valence-corrected chi connectivity index (χ0v) is 10.5. The topological polar surface area (TPSA) is 73.1 Å². The van der Waals surface area contributed by atoms with Gasteiger partial charge in [-0.05, 0) is 25.0 Å². The number of rotatable bonds is 4. The molecule has 1 heterocycles. The predicted molar refractivity (Wildman–Crippen MR) is 69.8 cm³/mol. The largest absolute Gasteiger partial charge is 0.299 e. The molecule has 1 aromatic carbocycles.